The molecule has 1 heterocycles. The van der Waals surface area contributed by atoms with Crippen molar-refractivity contribution in [3.8, 4) is 0 Å². The largest absolute Gasteiger partial charge is 0.404 e. The third-order valence-electron chi connectivity index (χ3n) is 2.25. The fourth-order valence-corrected chi connectivity index (χ4v) is 2.53. The van der Waals surface area contributed by atoms with E-state index in [1.807, 2.05) is 4.72 Å². The molecule has 1 rings (SSSR count). The van der Waals surface area contributed by atoms with Gasteiger partial charge < -0.3 is 10.5 Å². The summed E-state index contributed by atoms with van der Waals surface area (Å²) < 4.78 is 65.7. The molecule has 0 aromatic rings. The normalized spacial score (nSPS) is 24.6. The molecule has 1 aliphatic heterocycles. The lowest BCUT2D eigenvalue weighted by molar-refractivity contribution is -0.145. The molecule has 2 unspecified atom stereocenters. The van der Waals surface area contributed by atoms with Gasteiger partial charge in [-0.2, -0.15) is 13.2 Å². The van der Waals surface area contributed by atoms with Gasteiger partial charge in [-0.25, -0.2) is 13.1 Å². The first-order chi connectivity index (χ1) is 7.23. The highest BCUT2D eigenvalue weighted by Gasteiger charge is 2.38. The van der Waals surface area contributed by atoms with Crippen LogP contribution < -0.4 is 10.5 Å². The van der Waals surface area contributed by atoms with Crippen LogP contribution in [0.1, 0.15) is 6.42 Å². The number of alkyl halides is 3. The minimum Gasteiger partial charge on any atom is -0.380 e. The fourth-order valence-electron chi connectivity index (χ4n) is 1.20. The maximum absolute atomic E-state index is 12.0. The lowest BCUT2D eigenvalue weighted by atomic mass is 10.3. The van der Waals surface area contributed by atoms with Crippen molar-refractivity contribution in [3.05, 3.63) is 0 Å². The molecule has 16 heavy (non-hydrogen) atoms. The number of ether oxygens (including phenoxy) is 1. The smallest absolute Gasteiger partial charge is 0.380 e. The zero-order chi connectivity index (χ0) is 12.4. The van der Waals surface area contributed by atoms with Crippen molar-refractivity contribution in [3.63, 3.8) is 0 Å². The molecule has 0 amide bonds. The number of nitrogens with one attached hydrogen (secondary N) is 1. The van der Waals surface area contributed by atoms with E-state index in [-0.39, 0.29) is 13.0 Å². The van der Waals surface area contributed by atoms with E-state index in [2.05, 4.69) is 0 Å². The zero-order valence-corrected chi connectivity index (χ0v) is 9.14. The molecule has 0 aliphatic carbocycles. The lowest BCUT2D eigenvalue weighted by Crippen LogP contribution is -2.48. The van der Waals surface area contributed by atoms with Crippen molar-refractivity contribution >= 4 is 10.0 Å². The maximum Gasteiger partial charge on any atom is 0.404 e. The first-order valence-corrected chi connectivity index (χ1v) is 6.16. The van der Waals surface area contributed by atoms with Crippen LogP contribution in [0.3, 0.4) is 0 Å². The van der Waals surface area contributed by atoms with Crippen molar-refractivity contribution in [2.45, 2.75) is 23.9 Å². The van der Waals surface area contributed by atoms with Crippen molar-refractivity contribution < 1.29 is 26.3 Å². The maximum atomic E-state index is 12.0. The molecule has 0 spiro atoms. The summed E-state index contributed by atoms with van der Waals surface area (Å²) in [7, 11) is -3.77. The number of hydrogen-bond donors (Lipinski definition) is 2. The third kappa shape index (κ3) is 3.58. The van der Waals surface area contributed by atoms with Gasteiger partial charge in [-0.1, -0.05) is 0 Å². The number of sulfonamides is 1. The van der Waals surface area contributed by atoms with E-state index in [1.165, 1.54) is 0 Å². The Labute approximate surface area is 91.2 Å². The molecule has 1 aliphatic rings. The summed E-state index contributed by atoms with van der Waals surface area (Å²) in [6.07, 6.45) is -4.31. The second-order valence-corrected chi connectivity index (χ2v) is 5.57. The first kappa shape index (κ1) is 13.7. The standard InChI is InChI=1S/C7H13F3N2O3S/c8-7(9,10)6(11)3-12-16(13,14)5-1-2-15-4-5/h5-6,12H,1-4,11H2. The summed E-state index contributed by atoms with van der Waals surface area (Å²) >= 11 is 0. The summed E-state index contributed by atoms with van der Waals surface area (Å²) in [5.74, 6) is 0. The molecule has 0 radical (unpaired) electrons. The highest BCUT2D eigenvalue weighted by molar-refractivity contribution is 7.90. The molecule has 5 nitrogen and oxygen atoms in total. The fraction of sp³-hybridized carbons (Fsp3) is 1.00. The van der Waals surface area contributed by atoms with Crippen LogP contribution in [0.25, 0.3) is 0 Å². The van der Waals surface area contributed by atoms with Crippen LogP contribution in [-0.2, 0) is 14.8 Å². The Balaban J connectivity index is 2.48. The molecular weight excluding hydrogens is 249 g/mol. The van der Waals surface area contributed by atoms with Gasteiger partial charge in [0, 0.05) is 13.2 Å². The third-order valence-corrected chi connectivity index (χ3v) is 4.07. The zero-order valence-electron chi connectivity index (χ0n) is 8.33. The van der Waals surface area contributed by atoms with Gasteiger partial charge >= 0.3 is 6.18 Å². The summed E-state index contributed by atoms with van der Waals surface area (Å²) in [5.41, 5.74) is 4.77. The highest BCUT2D eigenvalue weighted by Crippen LogP contribution is 2.18. The number of rotatable bonds is 4. The monoisotopic (exact) mass is 262 g/mol. The Hall–Kier alpha value is -0.380. The molecule has 0 aromatic heterocycles. The van der Waals surface area contributed by atoms with Gasteiger partial charge in [0.1, 0.15) is 11.3 Å². The van der Waals surface area contributed by atoms with Gasteiger partial charge in [0.2, 0.25) is 10.0 Å². The molecule has 0 bridgehead atoms. The van der Waals surface area contributed by atoms with E-state index in [1.54, 1.807) is 0 Å². The second-order valence-electron chi connectivity index (χ2n) is 3.53. The van der Waals surface area contributed by atoms with Crippen LogP contribution >= 0.6 is 0 Å². The van der Waals surface area contributed by atoms with E-state index in [0.717, 1.165) is 0 Å². The molecule has 3 N–H and O–H groups in total. The van der Waals surface area contributed by atoms with E-state index < -0.39 is 34.0 Å². The van der Waals surface area contributed by atoms with Crippen LogP contribution in [0.5, 0.6) is 0 Å². The second kappa shape index (κ2) is 4.86. The van der Waals surface area contributed by atoms with Gasteiger partial charge in [0.05, 0.1) is 6.61 Å². The Kier molecular flexibility index (Phi) is 4.16. The van der Waals surface area contributed by atoms with Crippen molar-refractivity contribution in [1.82, 2.24) is 4.72 Å². The molecule has 0 aromatic carbocycles. The first-order valence-electron chi connectivity index (χ1n) is 4.62. The summed E-state index contributed by atoms with van der Waals surface area (Å²) in [6.45, 7) is -0.532. The van der Waals surface area contributed by atoms with Crippen LogP contribution in [0.15, 0.2) is 0 Å². The van der Waals surface area contributed by atoms with Crippen molar-refractivity contribution in [2.75, 3.05) is 19.8 Å². The molecule has 2 atom stereocenters. The van der Waals surface area contributed by atoms with E-state index in [0.29, 0.717) is 6.61 Å². The van der Waals surface area contributed by atoms with E-state index in [4.69, 9.17) is 10.5 Å². The Morgan fingerprint density at radius 1 is 1.50 bits per heavy atom. The minimum absolute atomic E-state index is 0.0105. The SMILES string of the molecule is NC(CNS(=O)(=O)C1CCOC1)C(F)(F)F. The molecule has 0 saturated carbocycles. The predicted molar refractivity (Wildman–Crippen MR) is 50.2 cm³/mol. The molecule has 1 fully saturated rings. The van der Waals surface area contributed by atoms with Gasteiger partial charge in [-0.3, -0.25) is 0 Å². The Bertz CT molecular complexity index is 324. The number of hydrogen-bond acceptors (Lipinski definition) is 4. The van der Waals surface area contributed by atoms with Crippen molar-refractivity contribution in [1.29, 1.82) is 0 Å². The minimum atomic E-state index is -4.60. The number of nitrogens with two attached hydrogens (primary N) is 1. The Morgan fingerprint density at radius 2 is 2.12 bits per heavy atom. The highest BCUT2D eigenvalue weighted by atomic mass is 32.2. The van der Waals surface area contributed by atoms with Crippen molar-refractivity contribution in [2.24, 2.45) is 5.73 Å². The van der Waals surface area contributed by atoms with Gasteiger partial charge in [0.15, 0.2) is 0 Å². The summed E-state index contributed by atoms with van der Waals surface area (Å²) in [6, 6.07) is -2.19. The average Bonchev–Trinajstić information content (AvgIpc) is 2.65. The average molecular weight is 262 g/mol. The molecule has 9 heteroatoms. The topological polar surface area (TPSA) is 81.4 Å². The van der Waals surface area contributed by atoms with E-state index in [9.17, 15) is 21.6 Å². The van der Waals surface area contributed by atoms with Crippen LogP contribution in [0.4, 0.5) is 13.2 Å². The quantitative estimate of drug-likeness (QED) is 0.721. The van der Waals surface area contributed by atoms with Crippen LogP contribution in [0.2, 0.25) is 0 Å². The van der Waals surface area contributed by atoms with Crippen LogP contribution in [-0.4, -0.2) is 45.6 Å². The lowest BCUT2D eigenvalue weighted by Gasteiger charge is -2.17. The Morgan fingerprint density at radius 3 is 2.56 bits per heavy atom. The van der Waals surface area contributed by atoms with Crippen LogP contribution in [0, 0.1) is 0 Å². The van der Waals surface area contributed by atoms with Gasteiger partial charge in [-0.15, -0.1) is 0 Å². The number of halogens is 3. The predicted octanol–water partition coefficient (Wildman–Crippen LogP) is -0.416. The van der Waals surface area contributed by atoms with Gasteiger partial charge in [-0.05, 0) is 6.42 Å². The molecule has 96 valence electrons. The molecule has 1 saturated heterocycles. The van der Waals surface area contributed by atoms with Gasteiger partial charge in [0.25, 0.3) is 0 Å². The molecular formula is C7H13F3N2O3S. The summed E-state index contributed by atoms with van der Waals surface area (Å²) in [4.78, 5) is 0. The summed E-state index contributed by atoms with van der Waals surface area (Å²) in [5, 5.41) is -0.784. The van der Waals surface area contributed by atoms with E-state index >= 15 is 0 Å².